The molecule has 3 nitrogen and oxygen atoms in total. The van der Waals surface area contributed by atoms with Crippen molar-refractivity contribution >= 4 is 11.6 Å². The molecule has 0 saturated heterocycles. The zero-order valence-electron chi connectivity index (χ0n) is 8.33. The molecule has 0 aliphatic heterocycles. The van der Waals surface area contributed by atoms with Crippen LogP contribution < -0.4 is 5.56 Å². The fraction of sp³-hybridized carbons (Fsp3) is 0.400. The van der Waals surface area contributed by atoms with Gasteiger partial charge in [-0.2, -0.15) is 0 Å². The smallest absolute Gasteiger partial charge is 0.255 e. The Morgan fingerprint density at radius 3 is 2.86 bits per heavy atom. The van der Waals surface area contributed by atoms with E-state index in [-0.39, 0.29) is 16.6 Å². The summed E-state index contributed by atoms with van der Waals surface area (Å²) in [5.74, 6) is 0.865. The summed E-state index contributed by atoms with van der Waals surface area (Å²) < 4.78 is 1.57. The van der Waals surface area contributed by atoms with Gasteiger partial charge in [-0.1, -0.05) is 31.5 Å². The van der Waals surface area contributed by atoms with E-state index < -0.39 is 0 Å². The predicted molar refractivity (Wildman–Crippen MR) is 57.8 cm³/mol. The zero-order valence-corrected chi connectivity index (χ0v) is 9.08. The van der Waals surface area contributed by atoms with E-state index in [9.17, 15) is 4.79 Å². The molecule has 14 heavy (non-hydrogen) atoms. The molecule has 1 aromatic rings. The van der Waals surface area contributed by atoms with Gasteiger partial charge < -0.3 is 0 Å². The number of rotatable bonds is 3. The lowest BCUT2D eigenvalue weighted by Gasteiger charge is -2.12. The summed E-state index contributed by atoms with van der Waals surface area (Å²) in [6.07, 6.45) is 1.67. The largest absolute Gasteiger partial charge is 0.292 e. The lowest BCUT2D eigenvalue weighted by atomic mass is 10.2. The summed E-state index contributed by atoms with van der Waals surface area (Å²) in [6, 6.07) is 1.32. The Morgan fingerprint density at radius 1 is 1.71 bits per heavy atom. The van der Waals surface area contributed by atoms with E-state index in [2.05, 4.69) is 11.6 Å². The number of aromatic nitrogens is 2. The molecule has 0 bridgehead atoms. The van der Waals surface area contributed by atoms with Gasteiger partial charge in [0.15, 0.2) is 0 Å². The lowest BCUT2D eigenvalue weighted by Crippen LogP contribution is -2.24. The maximum atomic E-state index is 11.5. The summed E-state index contributed by atoms with van der Waals surface area (Å²) in [6.45, 7) is 8.01. The van der Waals surface area contributed by atoms with E-state index >= 15 is 0 Å². The Kier molecular flexibility index (Phi) is 3.47. The van der Waals surface area contributed by atoms with Crippen molar-refractivity contribution in [1.82, 2.24) is 9.55 Å². The third-order valence-electron chi connectivity index (χ3n) is 1.83. The van der Waals surface area contributed by atoms with Crippen molar-refractivity contribution in [2.75, 3.05) is 0 Å². The highest BCUT2D eigenvalue weighted by molar-refractivity contribution is 6.29. The number of hydrogen-bond acceptors (Lipinski definition) is 2. The lowest BCUT2D eigenvalue weighted by molar-refractivity contribution is 0.633. The average molecular weight is 213 g/mol. The summed E-state index contributed by atoms with van der Waals surface area (Å²) in [5, 5.41) is 0.249. The Labute approximate surface area is 88.0 Å². The predicted octanol–water partition coefficient (Wildman–Crippen LogP) is 2.21. The summed E-state index contributed by atoms with van der Waals surface area (Å²) in [7, 11) is 0. The van der Waals surface area contributed by atoms with Gasteiger partial charge in [0.05, 0.1) is 0 Å². The highest BCUT2D eigenvalue weighted by Gasteiger charge is 2.09. The molecule has 0 radical (unpaired) electrons. The molecule has 0 unspecified atom stereocenters. The molecule has 0 spiro atoms. The molecule has 1 aromatic heterocycles. The topological polar surface area (TPSA) is 34.9 Å². The standard InChI is InChI=1S/C10H13ClN2O/c1-4-5-13-9(14)6-8(11)12-10(13)7(2)3/h4,6-7H,1,5H2,2-3H3. The Bertz CT molecular complexity index is 396. The normalized spacial score (nSPS) is 10.6. The van der Waals surface area contributed by atoms with Gasteiger partial charge in [-0.05, 0) is 0 Å². The van der Waals surface area contributed by atoms with Gasteiger partial charge in [0.1, 0.15) is 11.0 Å². The highest BCUT2D eigenvalue weighted by atomic mass is 35.5. The molecule has 0 aliphatic rings. The summed E-state index contributed by atoms with van der Waals surface area (Å²) in [4.78, 5) is 15.7. The molecule has 0 atom stereocenters. The molecule has 0 saturated carbocycles. The van der Waals surface area contributed by atoms with Crippen LogP contribution in [0.25, 0.3) is 0 Å². The van der Waals surface area contributed by atoms with Crippen LogP contribution in [0.2, 0.25) is 5.15 Å². The van der Waals surface area contributed by atoms with Gasteiger partial charge in [-0.3, -0.25) is 9.36 Å². The summed E-state index contributed by atoms with van der Waals surface area (Å²) in [5.41, 5.74) is -0.131. The van der Waals surface area contributed by atoms with E-state index in [1.165, 1.54) is 6.07 Å². The number of hydrogen-bond donors (Lipinski definition) is 0. The molecule has 0 aliphatic carbocycles. The van der Waals surface area contributed by atoms with Crippen molar-refractivity contribution < 1.29 is 0 Å². The highest BCUT2D eigenvalue weighted by Crippen LogP contribution is 2.12. The van der Waals surface area contributed by atoms with Crippen molar-refractivity contribution in [3.63, 3.8) is 0 Å². The third-order valence-corrected chi connectivity index (χ3v) is 2.03. The van der Waals surface area contributed by atoms with Crippen LogP contribution in [0, 0.1) is 0 Å². The fourth-order valence-electron chi connectivity index (χ4n) is 1.25. The van der Waals surface area contributed by atoms with Crippen LogP contribution in [-0.2, 0) is 6.54 Å². The van der Waals surface area contributed by atoms with Crippen LogP contribution in [0.5, 0.6) is 0 Å². The number of nitrogens with zero attached hydrogens (tertiary/aromatic N) is 2. The van der Waals surface area contributed by atoms with Crippen LogP contribution in [-0.4, -0.2) is 9.55 Å². The Balaban J connectivity index is 3.36. The van der Waals surface area contributed by atoms with Gasteiger partial charge in [0.2, 0.25) is 0 Å². The van der Waals surface area contributed by atoms with Crippen molar-refractivity contribution in [2.24, 2.45) is 0 Å². The van der Waals surface area contributed by atoms with E-state index in [4.69, 9.17) is 11.6 Å². The van der Waals surface area contributed by atoms with Gasteiger partial charge in [-0.25, -0.2) is 4.98 Å². The van der Waals surface area contributed by atoms with E-state index in [0.29, 0.717) is 12.4 Å². The molecule has 1 heterocycles. The SMILES string of the molecule is C=CCn1c(C(C)C)nc(Cl)cc1=O. The first-order valence-corrected chi connectivity index (χ1v) is 4.82. The average Bonchev–Trinajstić information content (AvgIpc) is 2.09. The molecule has 4 heteroatoms. The molecule has 1 rings (SSSR count). The minimum Gasteiger partial charge on any atom is -0.292 e. The Hall–Kier alpha value is -1.09. The van der Waals surface area contributed by atoms with E-state index in [1.807, 2.05) is 13.8 Å². The van der Waals surface area contributed by atoms with Crippen LogP contribution in [0.4, 0.5) is 0 Å². The van der Waals surface area contributed by atoms with Crippen LogP contribution >= 0.6 is 11.6 Å². The van der Waals surface area contributed by atoms with Crippen molar-refractivity contribution in [1.29, 1.82) is 0 Å². The maximum Gasteiger partial charge on any atom is 0.255 e. The fourth-order valence-corrected chi connectivity index (χ4v) is 1.43. The minimum atomic E-state index is -0.131. The van der Waals surface area contributed by atoms with Gasteiger partial charge in [-0.15, -0.1) is 6.58 Å². The Morgan fingerprint density at radius 2 is 2.36 bits per heavy atom. The maximum absolute atomic E-state index is 11.5. The molecule has 0 amide bonds. The van der Waals surface area contributed by atoms with Crippen molar-refractivity contribution in [3.8, 4) is 0 Å². The molecular weight excluding hydrogens is 200 g/mol. The second-order valence-electron chi connectivity index (χ2n) is 3.33. The zero-order chi connectivity index (χ0) is 10.7. The minimum absolute atomic E-state index is 0.131. The van der Waals surface area contributed by atoms with Crippen LogP contribution in [0.3, 0.4) is 0 Å². The number of allylic oxidation sites excluding steroid dienone is 1. The second kappa shape index (κ2) is 4.42. The second-order valence-corrected chi connectivity index (χ2v) is 3.72. The molecule has 0 aromatic carbocycles. The first-order chi connectivity index (χ1) is 6.56. The van der Waals surface area contributed by atoms with Gasteiger partial charge >= 0.3 is 0 Å². The first-order valence-electron chi connectivity index (χ1n) is 4.44. The quantitative estimate of drug-likeness (QED) is 0.569. The van der Waals surface area contributed by atoms with E-state index in [1.54, 1.807) is 10.6 Å². The van der Waals surface area contributed by atoms with Crippen LogP contribution in [0.1, 0.15) is 25.6 Å². The molecule has 0 N–H and O–H groups in total. The van der Waals surface area contributed by atoms with Gasteiger partial charge in [0, 0.05) is 18.5 Å². The molecular formula is C10H13ClN2O. The monoisotopic (exact) mass is 212 g/mol. The first kappa shape index (κ1) is 11.0. The molecule has 76 valence electrons. The third kappa shape index (κ3) is 2.23. The number of halogens is 1. The van der Waals surface area contributed by atoms with Crippen molar-refractivity contribution in [2.45, 2.75) is 26.3 Å². The van der Waals surface area contributed by atoms with Gasteiger partial charge in [0.25, 0.3) is 5.56 Å². The van der Waals surface area contributed by atoms with Crippen LogP contribution in [0.15, 0.2) is 23.5 Å². The van der Waals surface area contributed by atoms with E-state index in [0.717, 1.165) is 0 Å². The van der Waals surface area contributed by atoms with Crippen molar-refractivity contribution in [3.05, 3.63) is 40.1 Å². The molecule has 0 fully saturated rings. The summed E-state index contributed by atoms with van der Waals surface area (Å²) >= 11 is 5.72.